The molecule has 4 rings (SSSR count). The van der Waals surface area contributed by atoms with E-state index in [0.717, 1.165) is 42.6 Å². The van der Waals surface area contributed by atoms with E-state index in [1.165, 1.54) is 0 Å². The summed E-state index contributed by atoms with van der Waals surface area (Å²) in [5, 5.41) is 3.66. The van der Waals surface area contributed by atoms with Gasteiger partial charge in [-0.2, -0.15) is 0 Å². The smallest absolute Gasteiger partial charge is 0.241 e. The minimum absolute atomic E-state index is 0.0210. The van der Waals surface area contributed by atoms with Gasteiger partial charge in [0.15, 0.2) is 0 Å². The van der Waals surface area contributed by atoms with Crippen LogP contribution in [0.15, 0.2) is 48.5 Å². The second-order valence-electron chi connectivity index (χ2n) is 7.60. The molecule has 2 aliphatic heterocycles. The number of nitrogens with one attached hydrogen (secondary N) is 1. The van der Waals surface area contributed by atoms with E-state index in [9.17, 15) is 9.59 Å². The van der Waals surface area contributed by atoms with Crippen molar-refractivity contribution in [2.45, 2.75) is 19.4 Å². The molecule has 2 amide bonds. The number of halogens is 1. The Morgan fingerprint density at radius 2 is 1.69 bits per heavy atom. The van der Waals surface area contributed by atoms with E-state index < -0.39 is 0 Å². The monoisotopic (exact) mass is 412 g/mol. The molecule has 0 spiro atoms. The van der Waals surface area contributed by atoms with Gasteiger partial charge in [-0.1, -0.05) is 35.9 Å². The van der Waals surface area contributed by atoms with Gasteiger partial charge in [0.25, 0.3) is 0 Å². The van der Waals surface area contributed by atoms with Gasteiger partial charge in [-0.15, -0.1) is 0 Å². The van der Waals surface area contributed by atoms with Crippen molar-refractivity contribution in [2.75, 3.05) is 47.8 Å². The molecule has 1 atom stereocenters. The maximum Gasteiger partial charge on any atom is 0.241 e. The summed E-state index contributed by atoms with van der Waals surface area (Å²) in [5.74, 6) is -0.0405. The molecule has 152 valence electrons. The third-order valence-corrected chi connectivity index (χ3v) is 5.87. The van der Waals surface area contributed by atoms with Crippen molar-refractivity contribution in [2.24, 2.45) is 0 Å². The Hall–Kier alpha value is -2.57. The van der Waals surface area contributed by atoms with E-state index in [4.69, 9.17) is 11.6 Å². The average Bonchev–Trinajstić information content (AvgIpc) is 2.83. The summed E-state index contributed by atoms with van der Waals surface area (Å²) in [5.41, 5.74) is 2.50. The Balaban J connectivity index is 1.43. The van der Waals surface area contributed by atoms with Crippen LogP contribution in [0.5, 0.6) is 0 Å². The highest BCUT2D eigenvalue weighted by molar-refractivity contribution is 6.33. The van der Waals surface area contributed by atoms with Crippen LogP contribution in [-0.4, -0.2) is 55.5 Å². The number of fused-ring (bicyclic) bond motifs is 1. The zero-order valence-electron chi connectivity index (χ0n) is 16.5. The number of piperazine rings is 1. The molecule has 0 saturated carbocycles. The van der Waals surface area contributed by atoms with Crippen molar-refractivity contribution in [1.82, 2.24) is 4.90 Å². The average molecular weight is 413 g/mol. The van der Waals surface area contributed by atoms with Crippen LogP contribution >= 0.6 is 11.6 Å². The number of benzene rings is 2. The van der Waals surface area contributed by atoms with Crippen LogP contribution < -0.4 is 15.1 Å². The van der Waals surface area contributed by atoms with Crippen LogP contribution in [0.25, 0.3) is 0 Å². The SMILES string of the molecule is C[C@@H]1CC(=O)Nc2ccccc2N1C(=O)CN1CCN(c2ccccc2Cl)CC1. The van der Waals surface area contributed by atoms with Crippen LogP contribution in [-0.2, 0) is 9.59 Å². The first-order valence-corrected chi connectivity index (χ1v) is 10.3. The fourth-order valence-electron chi connectivity index (χ4n) is 4.09. The lowest BCUT2D eigenvalue weighted by atomic mass is 10.1. The van der Waals surface area contributed by atoms with Crippen molar-refractivity contribution in [3.05, 3.63) is 53.6 Å². The fraction of sp³-hybridized carbons (Fsp3) is 0.364. The molecule has 0 aliphatic carbocycles. The summed E-state index contributed by atoms with van der Waals surface area (Å²) < 4.78 is 0. The fourth-order valence-corrected chi connectivity index (χ4v) is 4.35. The Morgan fingerprint density at radius 3 is 2.41 bits per heavy atom. The van der Waals surface area contributed by atoms with Crippen LogP contribution in [0.2, 0.25) is 5.02 Å². The van der Waals surface area contributed by atoms with E-state index in [-0.39, 0.29) is 17.9 Å². The van der Waals surface area contributed by atoms with E-state index >= 15 is 0 Å². The number of hydrogen-bond acceptors (Lipinski definition) is 4. The topological polar surface area (TPSA) is 55.9 Å². The number of nitrogens with zero attached hydrogens (tertiary/aromatic N) is 3. The number of carbonyl (C=O) groups is 2. The van der Waals surface area contributed by atoms with E-state index in [1.807, 2.05) is 55.5 Å². The molecule has 2 heterocycles. The quantitative estimate of drug-likeness (QED) is 0.840. The summed E-state index contributed by atoms with van der Waals surface area (Å²) in [4.78, 5) is 31.6. The molecule has 29 heavy (non-hydrogen) atoms. The summed E-state index contributed by atoms with van der Waals surface area (Å²) in [6.07, 6.45) is 0.292. The lowest BCUT2D eigenvalue weighted by molar-refractivity contribution is -0.120. The van der Waals surface area contributed by atoms with Gasteiger partial charge in [-0.05, 0) is 31.2 Å². The number of amides is 2. The van der Waals surface area contributed by atoms with Gasteiger partial charge in [-0.3, -0.25) is 14.5 Å². The molecule has 0 radical (unpaired) electrons. The molecular weight excluding hydrogens is 388 g/mol. The van der Waals surface area contributed by atoms with E-state index in [1.54, 1.807) is 4.90 Å². The first-order valence-electron chi connectivity index (χ1n) is 9.95. The third kappa shape index (κ3) is 4.23. The van der Waals surface area contributed by atoms with E-state index in [0.29, 0.717) is 18.7 Å². The minimum Gasteiger partial charge on any atom is -0.368 e. The number of para-hydroxylation sites is 3. The summed E-state index contributed by atoms with van der Waals surface area (Å²) in [7, 11) is 0. The molecule has 6 nitrogen and oxygen atoms in total. The summed E-state index contributed by atoms with van der Waals surface area (Å²) >= 11 is 6.32. The van der Waals surface area contributed by atoms with Crippen LogP contribution in [0, 0.1) is 0 Å². The highest BCUT2D eigenvalue weighted by atomic mass is 35.5. The highest BCUT2D eigenvalue weighted by Crippen LogP contribution is 2.31. The van der Waals surface area contributed by atoms with Crippen LogP contribution in [0.3, 0.4) is 0 Å². The minimum atomic E-state index is -0.185. The normalized spacial score (nSPS) is 20.1. The molecule has 1 fully saturated rings. The first kappa shape index (κ1) is 19.7. The second-order valence-corrected chi connectivity index (χ2v) is 8.00. The van der Waals surface area contributed by atoms with Crippen molar-refractivity contribution in [3.8, 4) is 0 Å². The number of anilines is 3. The summed E-state index contributed by atoms with van der Waals surface area (Å²) in [6.45, 7) is 5.49. The standard InChI is InChI=1S/C22H25ClN4O2/c1-16-14-21(28)24-18-7-3-5-9-20(18)27(16)22(29)15-25-10-12-26(13-11-25)19-8-4-2-6-17(19)23/h2-9,16H,10-15H2,1H3,(H,24,28)/t16-/m1/s1. The van der Waals surface area contributed by atoms with Crippen LogP contribution in [0.4, 0.5) is 17.1 Å². The molecule has 0 unspecified atom stereocenters. The zero-order chi connectivity index (χ0) is 20.4. The second kappa shape index (κ2) is 8.43. The predicted octanol–water partition coefficient (Wildman–Crippen LogP) is 3.23. The lowest BCUT2D eigenvalue weighted by Gasteiger charge is -2.37. The van der Waals surface area contributed by atoms with Crippen LogP contribution in [0.1, 0.15) is 13.3 Å². The Morgan fingerprint density at radius 1 is 1.03 bits per heavy atom. The largest absolute Gasteiger partial charge is 0.368 e. The van der Waals surface area contributed by atoms with Gasteiger partial charge in [0.2, 0.25) is 11.8 Å². The van der Waals surface area contributed by atoms with Gasteiger partial charge < -0.3 is 15.1 Å². The maximum atomic E-state index is 13.2. The van der Waals surface area contributed by atoms with Gasteiger partial charge in [0, 0.05) is 38.6 Å². The predicted molar refractivity (Wildman–Crippen MR) is 117 cm³/mol. The Labute approximate surface area is 176 Å². The van der Waals surface area contributed by atoms with Crippen molar-refractivity contribution in [3.63, 3.8) is 0 Å². The van der Waals surface area contributed by atoms with Gasteiger partial charge in [0.05, 0.1) is 28.6 Å². The summed E-state index contributed by atoms with van der Waals surface area (Å²) in [6, 6.07) is 15.2. The number of hydrogen-bond donors (Lipinski definition) is 1. The zero-order valence-corrected chi connectivity index (χ0v) is 17.2. The van der Waals surface area contributed by atoms with Gasteiger partial charge in [0.1, 0.15) is 0 Å². The first-order chi connectivity index (χ1) is 14.0. The highest BCUT2D eigenvalue weighted by Gasteiger charge is 2.31. The Bertz CT molecular complexity index is 911. The van der Waals surface area contributed by atoms with Crippen molar-refractivity contribution >= 4 is 40.5 Å². The van der Waals surface area contributed by atoms with Gasteiger partial charge >= 0.3 is 0 Å². The molecule has 2 aromatic rings. The lowest BCUT2D eigenvalue weighted by Crippen LogP contribution is -2.51. The Kier molecular flexibility index (Phi) is 5.74. The van der Waals surface area contributed by atoms with Crippen molar-refractivity contribution in [1.29, 1.82) is 0 Å². The molecule has 1 saturated heterocycles. The van der Waals surface area contributed by atoms with Gasteiger partial charge in [-0.25, -0.2) is 0 Å². The molecular formula is C22H25ClN4O2. The maximum absolute atomic E-state index is 13.2. The number of carbonyl (C=O) groups excluding carboxylic acids is 2. The molecule has 7 heteroatoms. The third-order valence-electron chi connectivity index (χ3n) is 5.55. The number of rotatable bonds is 3. The molecule has 2 aliphatic rings. The van der Waals surface area contributed by atoms with Crippen molar-refractivity contribution < 1.29 is 9.59 Å². The molecule has 1 N–H and O–H groups in total. The van der Waals surface area contributed by atoms with E-state index in [2.05, 4.69) is 15.1 Å². The molecule has 0 bridgehead atoms. The molecule has 2 aromatic carbocycles. The molecule has 0 aromatic heterocycles.